The summed E-state index contributed by atoms with van der Waals surface area (Å²) < 4.78 is 1.13. The molecule has 0 aliphatic rings. The zero-order valence-corrected chi connectivity index (χ0v) is 14.7. The molecule has 112 valence electrons. The SMILES string of the molecule is CC(C)c1ccc(C(CSc2ccccc2Br)NN)cc1. The van der Waals surface area contributed by atoms with Crippen molar-refractivity contribution in [3.63, 3.8) is 0 Å². The van der Waals surface area contributed by atoms with E-state index in [0.29, 0.717) is 5.92 Å². The fraction of sp³-hybridized carbons (Fsp3) is 0.294. The van der Waals surface area contributed by atoms with Crippen LogP contribution in [-0.4, -0.2) is 5.75 Å². The fourth-order valence-electron chi connectivity index (χ4n) is 2.09. The Kier molecular flexibility index (Phi) is 6.30. The summed E-state index contributed by atoms with van der Waals surface area (Å²) in [6.45, 7) is 4.41. The van der Waals surface area contributed by atoms with Gasteiger partial charge in [-0.3, -0.25) is 11.3 Å². The minimum absolute atomic E-state index is 0.142. The first-order valence-corrected chi connectivity index (χ1v) is 8.83. The van der Waals surface area contributed by atoms with Crippen LogP contribution in [-0.2, 0) is 0 Å². The molecule has 2 rings (SSSR count). The maximum Gasteiger partial charge on any atom is 0.0553 e. The number of halogens is 1. The average Bonchev–Trinajstić information content (AvgIpc) is 2.50. The molecule has 2 nitrogen and oxygen atoms in total. The Labute approximate surface area is 139 Å². The molecular formula is C17H21BrN2S. The lowest BCUT2D eigenvalue weighted by molar-refractivity contribution is 0.610. The number of benzene rings is 2. The third kappa shape index (κ3) is 4.58. The van der Waals surface area contributed by atoms with E-state index in [4.69, 9.17) is 5.84 Å². The summed E-state index contributed by atoms with van der Waals surface area (Å²) in [7, 11) is 0. The maximum atomic E-state index is 5.73. The molecule has 0 saturated carbocycles. The number of hydrogen-bond donors (Lipinski definition) is 2. The van der Waals surface area contributed by atoms with E-state index in [1.54, 1.807) is 11.8 Å². The van der Waals surface area contributed by atoms with Crippen molar-refractivity contribution in [1.29, 1.82) is 0 Å². The molecule has 0 saturated heterocycles. The van der Waals surface area contributed by atoms with Crippen LogP contribution < -0.4 is 11.3 Å². The lowest BCUT2D eigenvalue weighted by atomic mass is 10.00. The Morgan fingerprint density at radius 3 is 2.24 bits per heavy atom. The molecule has 0 amide bonds. The topological polar surface area (TPSA) is 38.0 Å². The van der Waals surface area contributed by atoms with Crippen LogP contribution in [0, 0.1) is 0 Å². The predicted octanol–water partition coefficient (Wildman–Crippen LogP) is 4.87. The Bertz CT molecular complexity index is 569. The second-order valence-electron chi connectivity index (χ2n) is 5.28. The lowest BCUT2D eigenvalue weighted by Gasteiger charge is -2.17. The number of hydrogen-bond acceptors (Lipinski definition) is 3. The number of hydrazine groups is 1. The van der Waals surface area contributed by atoms with Gasteiger partial charge in [-0.05, 0) is 45.1 Å². The summed E-state index contributed by atoms with van der Waals surface area (Å²) in [5.74, 6) is 7.17. The van der Waals surface area contributed by atoms with Gasteiger partial charge in [-0.1, -0.05) is 50.2 Å². The monoisotopic (exact) mass is 364 g/mol. The van der Waals surface area contributed by atoms with Gasteiger partial charge >= 0.3 is 0 Å². The summed E-state index contributed by atoms with van der Waals surface area (Å²) in [6.07, 6.45) is 0. The first-order chi connectivity index (χ1) is 10.1. The van der Waals surface area contributed by atoms with E-state index in [0.717, 1.165) is 10.2 Å². The van der Waals surface area contributed by atoms with Crippen molar-refractivity contribution >= 4 is 27.7 Å². The molecule has 2 aromatic carbocycles. The molecular weight excluding hydrogens is 344 g/mol. The highest BCUT2D eigenvalue weighted by Crippen LogP contribution is 2.30. The second kappa shape index (κ2) is 7.99. The summed E-state index contributed by atoms with van der Waals surface area (Å²) in [5.41, 5.74) is 5.50. The molecule has 4 heteroatoms. The summed E-state index contributed by atoms with van der Waals surface area (Å²) in [5, 5.41) is 0. The van der Waals surface area contributed by atoms with Crippen LogP contribution in [0.5, 0.6) is 0 Å². The quantitative estimate of drug-likeness (QED) is 0.436. The van der Waals surface area contributed by atoms with Crippen molar-refractivity contribution in [2.24, 2.45) is 5.84 Å². The molecule has 2 aromatic rings. The molecule has 1 atom stereocenters. The van der Waals surface area contributed by atoms with E-state index in [1.807, 2.05) is 6.07 Å². The Morgan fingerprint density at radius 1 is 1.05 bits per heavy atom. The highest BCUT2D eigenvalue weighted by atomic mass is 79.9. The first kappa shape index (κ1) is 16.6. The number of nitrogens with one attached hydrogen (secondary N) is 1. The lowest BCUT2D eigenvalue weighted by Crippen LogP contribution is -2.29. The zero-order valence-electron chi connectivity index (χ0n) is 12.3. The molecule has 0 aromatic heterocycles. The molecule has 0 aliphatic heterocycles. The molecule has 0 spiro atoms. The van der Waals surface area contributed by atoms with Gasteiger partial charge in [0, 0.05) is 15.1 Å². The Morgan fingerprint density at radius 2 is 1.67 bits per heavy atom. The van der Waals surface area contributed by atoms with E-state index >= 15 is 0 Å². The molecule has 0 heterocycles. The molecule has 21 heavy (non-hydrogen) atoms. The molecule has 0 radical (unpaired) electrons. The van der Waals surface area contributed by atoms with Crippen LogP contribution in [0.4, 0.5) is 0 Å². The maximum absolute atomic E-state index is 5.73. The van der Waals surface area contributed by atoms with Crippen LogP contribution in [0.3, 0.4) is 0 Å². The van der Waals surface area contributed by atoms with Crippen molar-refractivity contribution in [3.8, 4) is 0 Å². The average molecular weight is 365 g/mol. The highest BCUT2D eigenvalue weighted by Gasteiger charge is 2.11. The number of rotatable bonds is 6. The first-order valence-electron chi connectivity index (χ1n) is 7.05. The second-order valence-corrected chi connectivity index (χ2v) is 7.20. The van der Waals surface area contributed by atoms with Crippen molar-refractivity contribution < 1.29 is 0 Å². The minimum Gasteiger partial charge on any atom is -0.271 e. The van der Waals surface area contributed by atoms with Crippen LogP contribution >= 0.6 is 27.7 Å². The fourth-order valence-corrected chi connectivity index (χ4v) is 3.73. The van der Waals surface area contributed by atoms with E-state index in [9.17, 15) is 0 Å². The molecule has 0 aliphatic carbocycles. The minimum atomic E-state index is 0.142. The smallest absolute Gasteiger partial charge is 0.0553 e. The Hall–Kier alpha value is -0.810. The van der Waals surface area contributed by atoms with E-state index in [-0.39, 0.29) is 6.04 Å². The van der Waals surface area contributed by atoms with Crippen molar-refractivity contribution in [2.45, 2.75) is 30.7 Å². The molecule has 3 N–H and O–H groups in total. The predicted molar refractivity (Wildman–Crippen MR) is 95.5 cm³/mol. The third-order valence-corrected chi connectivity index (χ3v) is 5.57. The van der Waals surface area contributed by atoms with Crippen molar-refractivity contribution in [3.05, 3.63) is 64.1 Å². The molecule has 0 bridgehead atoms. The summed E-state index contributed by atoms with van der Waals surface area (Å²) in [4.78, 5) is 1.23. The highest BCUT2D eigenvalue weighted by molar-refractivity contribution is 9.10. The van der Waals surface area contributed by atoms with Crippen molar-refractivity contribution in [1.82, 2.24) is 5.43 Å². The van der Waals surface area contributed by atoms with Crippen LogP contribution in [0.25, 0.3) is 0 Å². The normalized spacial score (nSPS) is 12.6. The van der Waals surface area contributed by atoms with E-state index in [2.05, 4.69) is 77.7 Å². The van der Waals surface area contributed by atoms with Gasteiger partial charge in [0.2, 0.25) is 0 Å². The van der Waals surface area contributed by atoms with Crippen LogP contribution in [0.15, 0.2) is 57.9 Å². The van der Waals surface area contributed by atoms with E-state index in [1.165, 1.54) is 16.0 Å². The van der Waals surface area contributed by atoms with Crippen LogP contribution in [0.1, 0.15) is 36.9 Å². The van der Waals surface area contributed by atoms with Gasteiger partial charge in [-0.15, -0.1) is 11.8 Å². The third-order valence-electron chi connectivity index (χ3n) is 3.45. The molecule has 1 unspecified atom stereocenters. The van der Waals surface area contributed by atoms with E-state index < -0.39 is 0 Å². The van der Waals surface area contributed by atoms with Gasteiger partial charge in [-0.25, -0.2) is 0 Å². The number of thioether (sulfide) groups is 1. The van der Waals surface area contributed by atoms with Gasteiger partial charge in [0.15, 0.2) is 0 Å². The van der Waals surface area contributed by atoms with Gasteiger partial charge < -0.3 is 0 Å². The summed E-state index contributed by atoms with van der Waals surface area (Å²) >= 11 is 5.37. The van der Waals surface area contributed by atoms with Gasteiger partial charge in [0.25, 0.3) is 0 Å². The largest absolute Gasteiger partial charge is 0.271 e. The van der Waals surface area contributed by atoms with Crippen LogP contribution in [0.2, 0.25) is 0 Å². The van der Waals surface area contributed by atoms with Gasteiger partial charge in [0.05, 0.1) is 6.04 Å². The standard InChI is InChI=1S/C17H21BrN2S/c1-12(2)13-7-9-14(10-8-13)16(20-19)11-21-17-6-4-3-5-15(17)18/h3-10,12,16,20H,11,19H2,1-2H3. The summed E-state index contributed by atoms with van der Waals surface area (Å²) in [6, 6.07) is 17.1. The zero-order chi connectivity index (χ0) is 15.2. The van der Waals surface area contributed by atoms with Gasteiger partial charge in [-0.2, -0.15) is 0 Å². The Balaban J connectivity index is 2.04. The molecule has 0 fully saturated rings. The number of nitrogens with two attached hydrogens (primary N) is 1. The van der Waals surface area contributed by atoms with Crippen molar-refractivity contribution in [2.75, 3.05) is 5.75 Å². The van der Waals surface area contributed by atoms with Gasteiger partial charge in [0.1, 0.15) is 0 Å².